The molecule has 0 aliphatic rings. The minimum absolute atomic E-state index is 0.107. The molecule has 0 atom stereocenters. The second-order valence-corrected chi connectivity index (χ2v) is 5.53. The molecule has 6 heteroatoms. The fourth-order valence-electron chi connectivity index (χ4n) is 1.50. The number of thiazole rings is 1. The van der Waals surface area contributed by atoms with Crippen molar-refractivity contribution in [2.75, 3.05) is 13.1 Å². The van der Waals surface area contributed by atoms with E-state index < -0.39 is 0 Å². The zero-order chi connectivity index (χ0) is 12.8. The number of aromatic nitrogens is 1. The molecule has 2 aromatic heterocycles. The Hall–Kier alpha value is -1.24. The van der Waals surface area contributed by atoms with Crippen molar-refractivity contribution in [2.24, 2.45) is 5.73 Å². The summed E-state index contributed by atoms with van der Waals surface area (Å²) in [5.74, 6) is -0.107. The Labute approximate surface area is 114 Å². The topological polar surface area (TPSA) is 68.0 Å². The Kier molecular flexibility index (Phi) is 4.86. The van der Waals surface area contributed by atoms with E-state index in [-0.39, 0.29) is 5.91 Å². The summed E-state index contributed by atoms with van der Waals surface area (Å²) in [6.07, 6.45) is 1.59. The van der Waals surface area contributed by atoms with Crippen molar-refractivity contribution in [3.63, 3.8) is 0 Å². The molecule has 0 saturated carbocycles. The van der Waals surface area contributed by atoms with Gasteiger partial charge in [-0.2, -0.15) is 11.3 Å². The van der Waals surface area contributed by atoms with Gasteiger partial charge in [0.25, 0.3) is 5.91 Å². The van der Waals surface area contributed by atoms with E-state index in [0.717, 1.165) is 17.8 Å². The lowest BCUT2D eigenvalue weighted by Gasteiger charge is -2.01. The third-order valence-electron chi connectivity index (χ3n) is 2.42. The van der Waals surface area contributed by atoms with Crippen LogP contribution in [-0.2, 0) is 12.8 Å². The zero-order valence-corrected chi connectivity index (χ0v) is 11.5. The van der Waals surface area contributed by atoms with Gasteiger partial charge in [0.05, 0.1) is 5.01 Å². The number of carbonyl (C=O) groups is 1. The molecule has 18 heavy (non-hydrogen) atoms. The van der Waals surface area contributed by atoms with E-state index in [1.54, 1.807) is 16.7 Å². The minimum Gasteiger partial charge on any atom is -0.350 e. The van der Waals surface area contributed by atoms with E-state index in [4.69, 9.17) is 5.73 Å². The van der Waals surface area contributed by atoms with Gasteiger partial charge in [0.2, 0.25) is 0 Å². The van der Waals surface area contributed by atoms with E-state index in [9.17, 15) is 4.79 Å². The molecule has 3 N–H and O–H groups in total. The predicted molar refractivity (Wildman–Crippen MR) is 75.2 cm³/mol. The summed E-state index contributed by atoms with van der Waals surface area (Å²) >= 11 is 3.15. The lowest BCUT2D eigenvalue weighted by molar-refractivity contribution is 0.0949. The highest BCUT2D eigenvalue weighted by atomic mass is 32.1. The first-order valence-corrected chi connectivity index (χ1v) is 7.55. The van der Waals surface area contributed by atoms with Crippen molar-refractivity contribution in [1.82, 2.24) is 10.3 Å². The van der Waals surface area contributed by atoms with Crippen LogP contribution >= 0.6 is 22.7 Å². The van der Waals surface area contributed by atoms with Crippen LogP contribution in [0.4, 0.5) is 0 Å². The molecule has 2 rings (SSSR count). The molecule has 0 unspecified atom stereocenters. The van der Waals surface area contributed by atoms with Crippen molar-refractivity contribution < 1.29 is 4.79 Å². The van der Waals surface area contributed by atoms with Gasteiger partial charge in [-0.15, -0.1) is 11.3 Å². The van der Waals surface area contributed by atoms with Crippen LogP contribution in [0.2, 0.25) is 0 Å². The molecule has 0 fully saturated rings. The van der Waals surface area contributed by atoms with Crippen LogP contribution in [0.3, 0.4) is 0 Å². The van der Waals surface area contributed by atoms with Gasteiger partial charge in [0.1, 0.15) is 5.69 Å². The average molecular weight is 281 g/mol. The van der Waals surface area contributed by atoms with Gasteiger partial charge in [0, 0.05) is 18.3 Å². The van der Waals surface area contributed by atoms with Crippen molar-refractivity contribution in [3.05, 3.63) is 38.5 Å². The second kappa shape index (κ2) is 6.63. The molecule has 1 amide bonds. The number of thiophene rings is 1. The number of hydrogen-bond acceptors (Lipinski definition) is 5. The molecular formula is C12H15N3OS2. The van der Waals surface area contributed by atoms with Gasteiger partial charge >= 0.3 is 0 Å². The number of nitrogens with one attached hydrogen (secondary N) is 1. The van der Waals surface area contributed by atoms with E-state index in [1.165, 1.54) is 16.9 Å². The molecule has 2 heterocycles. The van der Waals surface area contributed by atoms with Crippen molar-refractivity contribution in [3.8, 4) is 0 Å². The Morgan fingerprint density at radius 2 is 2.28 bits per heavy atom. The number of nitrogens with two attached hydrogens (primary N) is 1. The lowest BCUT2D eigenvalue weighted by Crippen LogP contribution is -2.25. The number of hydrogen-bond donors (Lipinski definition) is 2. The molecular weight excluding hydrogens is 266 g/mol. The van der Waals surface area contributed by atoms with Crippen LogP contribution in [0, 0.1) is 0 Å². The third kappa shape index (κ3) is 3.63. The maximum Gasteiger partial charge on any atom is 0.270 e. The summed E-state index contributed by atoms with van der Waals surface area (Å²) in [5.41, 5.74) is 7.19. The molecule has 2 aromatic rings. The van der Waals surface area contributed by atoms with Crippen LogP contribution in [0.25, 0.3) is 0 Å². The largest absolute Gasteiger partial charge is 0.350 e. The molecule has 4 nitrogen and oxygen atoms in total. The van der Waals surface area contributed by atoms with Gasteiger partial charge in [-0.1, -0.05) is 0 Å². The predicted octanol–water partition coefficient (Wildman–Crippen LogP) is 1.68. The van der Waals surface area contributed by atoms with Crippen LogP contribution in [0.15, 0.2) is 22.2 Å². The molecule has 0 saturated heterocycles. The monoisotopic (exact) mass is 281 g/mol. The maximum atomic E-state index is 11.8. The zero-order valence-electron chi connectivity index (χ0n) is 9.89. The molecule has 0 aliphatic carbocycles. The summed E-state index contributed by atoms with van der Waals surface area (Å²) in [4.78, 5) is 16.0. The Balaban J connectivity index is 1.80. The highest BCUT2D eigenvalue weighted by Crippen LogP contribution is 2.10. The average Bonchev–Trinajstić information content (AvgIpc) is 3.00. The summed E-state index contributed by atoms with van der Waals surface area (Å²) in [5, 5.41) is 9.70. The van der Waals surface area contributed by atoms with Gasteiger partial charge in [-0.3, -0.25) is 4.79 Å². The van der Waals surface area contributed by atoms with E-state index >= 15 is 0 Å². The van der Waals surface area contributed by atoms with Crippen LogP contribution in [0.5, 0.6) is 0 Å². The number of carbonyl (C=O) groups excluding carboxylic acids is 1. The second-order valence-electron chi connectivity index (χ2n) is 3.80. The summed E-state index contributed by atoms with van der Waals surface area (Å²) < 4.78 is 0. The van der Waals surface area contributed by atoms with E-state index in [2.05, 4.69) is 21.7 Å². The van der Waals surface area contributed by atoms with Crippen molar-refractivity contribution in [1.29, 1.82) is 0 Å². The van der Waals surface area contributed by atoms with Gasteiger partial charge in [0.15, 0.2) is 0 Å². The first-order chi connectivity index (χ1) is 8.79. The Bertz CT molecular complexity index is 493. The van der Waals surface area contributed by atoms with Crippen LogP contribution in [0.1, 0.15) is 21.1 Å². The molecule has 0 spiro atoms. The summed E-state index contributed by atoms with van der Waals surface area (Å²) in [6.45, 7) is 1.20. The molecule has 0 bridgehead atoms. The van der Waals surface area contributed by atoms with Crippen LogP contribution < -0.4 is 11.1 Å². The van der Waals surface area contributed by atoms with Gasteiger partial charge < -0.3 is 11.1 Å². The minimum atomic E-state index is -0.107. The SMILES string of the molecule is NCCc1nc(C(=O)NCCc2ccsc2)cs1. The van der Waals surface area contributed by atoms with Crippen molar-refractivity contribution in [2.45, 2.75) is 12.8 Å². The normalized spacial score (nSPS) is 10.5. The van der Waals surface area contributed by atoms with Crippen molar-refractivity contribution >= 4 is 28.6 Å². The first kappa shape index (κ1) is 13.2. The Morgan fingerprint density at radius 1 is 1.39 bits per heavy atom. The number of amides is 1. The summed E-state index contributed by atoms with van der Waals surface area (Å²) in [6, 6.07) is 2.07. The molecule has 0 aromatic carbocycles. The standard InChI is InChI=1S/C12H15N3OS2/c13-4-1-11-15-10(8-18-11)12(16)14-5-2-9-3-6-17-7-9/h3,6-8H,1-2,4-5,13H2,(H,14,16). The molecule has 0 aliphatic heterocycles. The number of rotatable bonds is 6. The smallest absolute Gasteiger partial charge is 0.270 e. The molecule has 0 radical (unpaired) electrons. The third-order valence-corrected chi connectivity index (χ3v) is 4.06. The lowest BCUT2D eigenvalue weighted by atomic mass is 10.2. The van der Waals surface area contributed by atoms with Gasteiger partial charge in [-0.05, 0) is 35.4 Å². The first-order valence-electron chi connectivity index (χ1n) is 5.73. The quantitative estimate of drug-likeness (QED) is 0.846. The summed E-state index contributed by atoms with van der Waals surface area (Å²) in [7, 11) is 0. The molecule has 96 valence electrons. The van der Waals surface area contributed by atoms with E-state index in [1.807, 2.05) is 5.38 Å². The van der Waals surface area contributed by atoms with E-state index in [0.29, 0.717) is 18.8 Å². The highest BCUT2D eigenvalue weighted by Gasteiger charge is 2.09. The number of nitrogens with zero attached hydrogens (tertiary/aromatic N) is 1. The fraction of sp³-hybridized carbons (Fsp3) is 0.333. The van der Waals surface area contributed by atoms with Gasteiger partial charge in [-0.25, -0.2) is 4.98 Å². The fourth-order valence-corrected chi connectivity index (χ4v) is 3.00. The Morgan fingerprint density at radius 3 is 3.00 bits per heavy atom. The maximum absolute atomic E-state index is 11.8. The van der Waals surface area contributed by atoms with Crippen LogP contribution in [-0.4, -0.2) is 24.0 Å². The highest BCUT2D eigenvalue weighted by molar-refractivity contribution is 7.09.